The fraction of sp³-hybridized carbons (Fsp3) is 0.875. The van der Waals surface area contributed by atoms with Crippen molar-refractivity contribution in [3.05, 3.63) is 0 Å². The van der Waals surface area contributed by atoms with E-state index in [1.165, 1.54) is 6.92 Å². The highest BCUT2D eigenvalue weighted by molar-refractivity contribution is 7.87. The quantitative estimate of drug-likeness (QED) is 0.543. The monoisotopic (exact) mass is 276 g/mol. The van der Waals surface area contributed by atoms with E-state index in [2.05, 4.69) is 4.74 Å². The van der Waals surface area contributed by atoms with Gasteiger partial charge in [-0.05, 0) is 13.3 Å². The zero-order chi connectivity index (χ0) is 13.9. The van der Waals surface area contributed by atoms with Crippen LogP contribution in [0.25, 0.3) is 0 Å². The van der Waals surface area contributed by atoms with Gasteiger partial charge >= 0.3 is 21.3 Å². The van der Waals surface area contributed by atoms with E-state index in [4.69, 9.17) is 9.66 Å². The van der Waals surface area contributed by atoms with Gasteiger partial charge in [-0.2, -0.15) is 17.2 Å². The van der Waals surface area contributed by atoms with Gasteiger partial charge in [0.2, 0.25) is 0 Å². The molecule has 0 aliphatic rings. The Bertz CT molecular complexity index is 364. The second kappa shape index (κ2) is 5.69. The second-order valence-corrected chi connectivity index (χ2v) is 4.93. The molecule has 2 atom stereocenters. The molecule has 9 heteroatoms. The highest BCUT2D eigenvalue weighted by atomic mass is 32.2. The van der Waals surface area contributed by atoms with Gasteiger partial charge < -0.3 is 9.84 Å². The van der Waals surface area contributed by atoms with E-state index in [-0.39, 0.29) is 6.42 Å². The molecule has 0 saturated carbocycles. The molecule has 0 amide bonds. The van der Waals surface area contributed by atoms with Crippen molar-refractivity contribution in [3.63, 3.8) is 0 Å². The minimum absolute atomic E-state index is 0.0883. The van der Waals surface area contributed by atoms with Gasteiger partial charge in [0.25, 0.3) is 0 Å². The molecule has 0 aliphatic heterocycles. The lowest BCUT2D eigenvalue weighted by Gasteiger charge is -2.21. The van der Waals surface area contributed by atoms with E-state index in [1.54, 1.807) is 6.92 Å². The van der Waals surface area contributed by atoms with Gasteiger partial charge in [0.1, 0.15) is 6.10 Å². The van der Waals surface area contributed by atoms with Gasteiger partial charge in [-0.15, -0.1) is 0 Å². The maximum Gasteiger partial charge on any atom is 0.465 e. The van der Waals surface area contributed by atoms with Crippen LogP contribution >= 0.6 is 0 Å². The summed E-state index contributed by atoms with van der Waals surface area (Å²) in [6.07, 6.45) is -1.96. The average molecular weight is 276 g/mol. The van der Waals surface area contributed by atoms with E-state index in [0.717, 1.165) is 0 Å². The first-order chi connectivity index (χ1) is 7.54. The lowest BCUT2D eigenvalue weighted by molar-refractivity contribution is -0.172. The van der Waals surface area contributed by atoms with Gasteiger partial charge in [0.05, 0.1) is 6.10 Å². The summed E-state index contributed by atoms with van der Waals surface area (Å²) >= 11 is 0. The number of aliphatic hydroxyl groups is 1. The van der Waals surface area contributed by atoms with Crippen LogP contribution in [0.5, 0.6) is 0 Å². The van der Waals surface area contributed by atoms with Crippen molar-refractivity contribution in [2.75, 3.05) is 0 Å². The highest BCUT2D eigenvalue weighted by Gasteiger charge is 2.54. The summed E-state index contributed by atoms with van der Waals surface area (Å²) in [6, 6.07) is 0. The normalized spacial score (nSPS) is 16.4. The van der Waals surface area contributed by atoms with Gasteiger partial charge in [0, 0.05) is 0 Å². The predicted molar refractivity (Wildman–Crippen MR) is 53.0 cm³/mol. The first-order valence-corrected chi connectivity index (χ1v) is 6.22. The molecular formula is C8H14F2O6S. The average Bonchev–Trinajstić information content (AvgIpc) is 2.14. The number of rotatable bonds is 6. The third-order valence-corrected chi connectivity index (χ3v) is 2.75. The number of hydrogen-bond donors (Lipinski definition) is 2. The number of aliphatic hydroxyl groups excluding tert-OH is 1. The molecule has 2 N–H and O–H groups in total. The summed E-state index contributed by atoms with van der Waals surface area (Å²) in [7, 11) is -5.88. The van der Waals surface area contributed by atoms with E-state index >= 15 is 0 Å². The van der Waals surface area contributed by atoms with E-state index in [9.17, 15) is 22.0 Å². The fourth-order valence-corrected chi connectivity index (χ4v) is 1.25. The van der Waals surface area contributed by atoms with Crippen LogP contribution in [0, 0.1) is 0 Å². The van der Waals surface area contributed by atoms with Crippen LogP contribution in [0.1, 0.15) is 26.7 Å². The Morgan fingerprint density at radius 3 is 2.24 bits per heavy atom. The molecule has 0 aromatic carbocycles. The molecule has 102 valence electrons. The Morgan fingerprint density at radius 1 is 1.47 bits per heavy atom. The Hall–Kier alpha value is -0.800. The maximum absolute atomic E-state index is 12.8. The van der Waals surface area contributed by atoms with Crippen molar-refractivity contribution < 1.29 is 36.4 Å². The number of hydrogen-bond acceptors (Lipinski definition) is 5. The first-order valence-electron chi connectivity index (χ1n) is 4.78. The van der Waals surface area contributed by atoms with Crippen LogP contribution in [0.15, 0.2) is 0 Å². The molecule has 0 aromatic rings. The molecule has 0 fully saturated rings. The Kier molecular flexibility index (Phi) is 5.43. The number of carbonyl (C=O) groups excluding carboxylic acids is 1. The fourth-order valence-electron chi connectivity index (χ4n) is 0.995. The second-order valence-electron chi connectivity index (χ2n) is 3.46. The molecule has 0 rings (SSSR count). The number of carbonyl (C=O) groups is 1. The highest BCUT2D eigenvalue weighted by Crippen LogP contribution is 2.24. The summed E-state index contributed by atoms with van der Waals surface area (Å²) in [4.78, 5) is 10.9. The van der Waals surface area contributed by atoms with Crippen LogP contribution in [0.4, 0.5) is 8.78 Å². The molecule has 2 unspecified atom stereocenters. The predicted octanol–water partition coefficient (Wildman–Crippen LogP) is 0.560. The summed E-state index contributed by atoms with van der Waals surface area (Å²) in [5.74, 6) is -2.40. The largest absolute Gasteiger partial charge is 0.465 e. The summed E-state index contributed by atoms with van der Waals surface area (Å²) < 4.78 is 58.4. The van der Waals surface area contributed by atoms with Gasteiger partial charge in [-0.25, -0.2) is 4.79 Å². The topological polar surface area (TPSA) is 101 Å². The SMILES string of the molecule is CCCC(OC(=O)C(F)(F)S(=O)(=O)O)C(C)O. The van der Waals surface area contributed by atoms with Crippen LogP contribution in [-0.4, -0.2) is 41.5 Å². The van der Waals surface area contributed by atoms with Gasteiger partial charge in [0.15, 0.2) is 0 Å². The standard InChI is InChI=1S/C8H14F2O6S/c1-3-4-6(5(2)11)16-7(12)8(9,10)17(13,14)15/h5-6,11H,3-4H2,1-2H3,(H,13,14,15). The lowest BCUT2D eigenvalue weighted by atomic mass is 10.1. The smallest absolute Gasteiger partial charge is 0.454 e. The summed E-state index contributed by atoms with van der Waals surface area (Å²) in [6.45, 7) is 2.86. The van der Waals surface area contributed by atoms with Gasteiger partial charge in [-0.3, -0.25) is 4.55 Å². The minimum atomic E-state index is -5.88. The lowest BCUT2D eigenvalue weighted by Crippen LogP contribution is -2.42. The maximum atomic E-state index is 12.8. The van der Waals surface area contributed by atoms with Crippen LogP contribution < -0.4 is 0 Å². The van der Waals surface area contributed by atoms with E-state index in [0.29, 0.717) is 6.42 Å². The van der Waals surface area contributed by atoms with Crippen LogP contribution in [0.3, 0.4) is 0 Å². The van der Waals surface area contributed by atoms with Crippen molar-refractivity contribution in [1.29, 1.82) is 0 Å². The van der Waals surface area contributed by atoms with E-state index < -0.39 is 33.5 Å². The number of alkyl halides is 2. The number of ether oxygens (including phenoxy) is 1. The van der Waals surface area contributed by atoms with Crippen LogP contribution in [-0.2, 0) is 19.6 Å². The van der Waals surface area contributed by atoms with Crippen molar-refractivity contribution in [3.8, 4) is 0 Å². The van der Waals surface area contributed by atoms with Crippen molar-refractivity contribution in [2.45, 2.75) is 44.2 Å². The molecule has 0 spiro atoms. The molecule has 0 saturated heterocycles. The third-order valence-electron chi connectivity index (χ3n) is 1.93. The minimum Gasteiger partial charge on any atom is -0.454 e. The first kappa shape index (κ1) is 16.2. The molecule has 17 heavy (non-hydrogen) atoms. The van der Waals surface area contributed by atoms with E-state index in [1.807, 2.05) is 0 Å². The molecule has 6 nitrogen and oxygen atoms in total. The molecule has 0 heterocycles. The third kappa shape index (κ3) is 4.17. The zero-order valence-corrected chi connectivity index (χ0v) is 10.1. The van der Waals surface area contributed by atoms with Crippen molar-refractivity contribution in [2.24, 2.45) is 0 Å². The molecule has 0 bridgehead atoms. The molecule has 0 radical (unpaired) electrons. The van der Waals surface area contributed by atoms with Gasteiger partial charge in [-0.1, -0.05) is 13.3 Å². The van der Waals surface area contributed by atoms with Crippen molar-refractivity contribution in [1.82, 2.24) is 0 Å². The van der Waals surface area contributed by atoms with Crippen molar-refractivity contribution >= 4 is 16.1 Å². The summed E-state index contributed by atoms with van der Waals surface area (Å²) in [5.41, 5.74) is 0. The zero-order valence-electron chi connectivity index (χ0n) is 9.26. The number of esters is 1. The Labute approximate surface area is 97.3 Å². The molecule has 0 aromatic heterocycles. The number of halogens is 2. The molecule has 0 aliphatic carbocycles. The Balaban J connectivity index is 4.84. The Morgan fingerprint density at radius 2 is 1.94 bits per heavy atom. The van der Waals surface area contributed by atoms with Crippen LogP contribution in [0.2, 0.25) is 0 Å². The molecular weight excluding hydrogens is 262 g/mol. The summed E-state index contributed by atoms with van der Waals surface area (Å²) in [5, 5.41) is 4.09.